The lowest BCUT2D eigenvalue weighted by Gasteiger charge is -2.31. The van der Waals surface area contributed by atoms with Gasteiger partial charge in [-0.25, -0.2) is 8.42 Å². The third kappa shape index (κ3) is 4.31. The number of amides is 1. The monoisotopic (exact) mass is 323 g/mol. The van der Waals surface area contributed by atoms with Crippen molar-refractivity contribution in [3.63, 3.8) is 0 Å². The molecule has 2 saturated heterocycles. The Kier molecular flexibility index (Phi) is 5.28. The molecular formula is C12H22ClN3O3S. The van der Waals surface area contributed by atoms with Gasteiger partial charge in [0.05, 0.1) is 29.5 Å². The van der Waals surface area contributed by atoms with E-state index >= 15 is 0 Å². The second-order valence-corrected chi connectivity index (χ2v) is 8.44. The predicted octanol–water partition coefficient (Wildman–Crippen LogP) is -0.822. The van der Waals surface area contributed by atoms with Crippen LogP contribution in [0.4, 0.5) is 0 Å². The van der Waals surface area contributed by atoms with E-state index in [0.717, 1.165) is 25.9 Å². The van der Waals surface area contributed by atoms with Crippen molar-refractivity contribution < 1.29 is 13.2 Å². The van der Waals surface area contributed by atoms with Gasteiger partial charge in [0.1, 0.15) is 0 Å². The number of hydrogen-bond donors (Lipinski definition) is 2. The van der Waals surface area contributed by atoms with Crippen LogP contribution in [-0.4, -0.2) is 68.3 Å². The van der Waals surface area contributed by atoms with Gasteiger partial charge in [0.15, 0.2) is 9.84 Å². The predicted molar refractivity (Wildman–Crippen MR) is 78.4 cm³/mol. The largest absolute Gasteiger partial charge is 0.350 e. The number of hydrogen-bond acceptors (Lipinski definition) is 5. The summed E-state index contributed by atoms with van der Waals surface area (Å²) in [5.41, 5.74) is 5.63. The Morgan fingerprint density at radius 3 is 2.45 bits per heavy atom. The topological polar surface area (TPSA) is 92.5 Å². The van der Waals surface area contributed by atoms with E-state index in [1.165, 1.54) is 0 Å². The zero-order valence-electron chi connectivity index (χ0n) is 11.4. The van der Waals surface area contributed by atoms with Crippen LogP contribution in [0, 0.1) is 5.92 Å². The smallest absolute Gasteiger partial charge is 0.234 e. The summed E-state index contributed by atoms with van der Waals surface area (Å²) in [5, 5.41) is 2.22. The standard InChI is InChI=1S/C12H22ClN3O3S/c13-10-7-20(18,19)8-11(10)15-12(17)6-16-3-1-9(5-14)2-4-16/h9-11H,1-8,14H2,(H,15,17). The minimum atomic E-state index is -3.11. The van der Waals surface area contributed by atoms with Crippen LogP contribution in [-0.2, 0) is 14.6 Å². The van der Waals surface area contributed by atoms with Crippen LogP contribution in [0.2, 0.25) is 0 Å². The number of piperidine rings is 1. The van der Waals surface area contributed by atoms with Crippen LogP contribution in [0.3, 0.4) is 0 Å². The van der Waals surface area contributed by atoms with Crippen molar-refractivity contribution >= 4 is 27.3 Å². The van der Waals surface area contributed by atoms with Gasteiger partial charge in [-0.3, -0.25) is 9.69 Å². The zero-order chi connectivity index (χ0) is 14.8. The summed E-state index contributed by atoms with van der Waals surface area (Å²) >= 11 is 5.97. The van der Waals surface area contributed by atoms with Crippen molar-refractivity contribution in [2.45, 2.75) is 24.3 Å². The molecule has 2 rings (SSSR count). The molecule has 0 spiro atoms. The first kappa shape index (κ1) is 16.0. The van der Waals surface area contributed by atoms with Gasteiger partial charge < -0.3 is 11.1 Å². The number of halogens is 1. The first-order valence-electron chi connectivity index (χ1n) is 6.96. The molecule has 6 nitrogen and oxygen atoms in total. The van der Waals surface area contributed by atoms with Gasteiger partial charge in [-0.1, -0.05) is 0 Å². The maximum Gasteiger partial charge on any atom is 0.234 e. The van der Waals surface area contributed by atoms with E-state index in [9.17, 15) is 13.2 Å². The molecule has 0 aromatic carbocycles. The second kappa shape index (κ2) is 6.60. The van der Waals surface area contributed by atoms with Crippen molar-refractivity contribution in [3.8, 4) is 0 Å². The highest BCUT2D eigenvalue weighted by Gasteiger charge is 2.37. The lowest BCUT2D eigenvalue weighted by atomic mass is 9.97. The highest BCUT2D eigenvalue weighted by Crippen LogP contribution is 2.18. The van der Waals surface area contributed by atoms with Gasteiger partial charge >= 0.3 is 0 Å². The highest BCUT2D eigenvalue weighted by atomic mass is 35.5. The van der Waals surface area contributed by atoms with Crippen LogP contribution in [0.15, 0.2) is 0 Å². The van der Waals surface area contributed by atoms with E-state index in [1.54, 1.807) is 0 Å². The zero-order valence-corrected chi connectivity index (χ0v) is 13.0. The lowest BCUT2D eigenvalue weighted by molar-refractivity contribution is -0.123. The van der Waals surface area contributed by atoms with Crippen molar-refractivity contribution in [3.05, 3.63) is 0 Å². The molecule has 0 bridgehead atoms. The first-order chi connectivity index (χ1) is 9.39. The van der Waals surface area contributed by atoms with Gasteiger partial charge in [0.2, 0.25) is 5.91 Å². The maximum atomic E-state index is 11.9. The molecule has 2 unspecified atom stereocenters. The molecule has 2 atom stereocenters. The number of nitrogens with one attached hydrogen (secondary N) is 1. The number of nitrogens with zero attached hydrogens (tertiary/aromatic N) is 1. The molecule has 0 aromatic heterocycles. The Hall–Kier alpha value is -0.370. The fourth-order valence-corrected chi connectivity index (χ4v) is 5.32. The second-order valence-electron chi connectivity index (χ2n) is 5.72. The number of nitrogens with two attached hydrogens (primary N) is 1. The Bertz CT molecular complexity index is 449. The number of carbonyl (C=O) groups is 1. The summed E-state index contributed by atoms with van der Waals surface area (Å²) in [7, 11) is -3.11. The van der Waals surface area contributed by atoms with Gasteiger partial charge in [-0.15, -0.1) is 11.6 Å². The SMILES string of the molecule is NCC1CCN(CC(=O)NC2CS(=O)(=O)CC2Cl)CC1. The van der Waals surface area contributed by atoms with Crippen LogP contribution in [0.5, 0.6) is 0 Å². The van der Waals surface area contributed by atoms with E-state index < -0.39 is 21.3 Å². The molecule has 2 aliphatic rings. The normalized spacial score (nSPS) is 31.3. The Balaban J connectivity index is 1.76. The Labute approximate surface area is 124 Å². The molecule has 116 valence electrons. The lowest BCUT2D eigenvalue weighted by Crippen LogP contribution is -2.47. The molecule has 0 saturated carbocycles. The van der Waals surface area contributed by atoms with Crippen LogP contribution >= 0.6 is 11.6 Å². The van der Waals surface area contributed by atoms with Gasteiger partial charge in [0, 0.05) is 0 Å². The van der Waals surface area contributed by atoms with Crippen molar-refractivity contribution in [1.82, 2.24) is 10.2 Å². The van der Waals surface area contributed by atoms with Crippen molar-refractivity contribution in [2.75, 3.05) is 37.7 Å². The molecule has 2 heterocycles. The molecule has 1 amide bonds. The van der Waals surface area contributed by atoms with Gasteiger partial charge in [-0.2, -0.15) is 0 Å². The van der Waals surface area contributed by atoms with Gasteiger partial charge in [-0.05, 0) is 38.4 Å². The quantitative estimate of drug-likeness (QED) is 0.659. The van der Waals surface area contributed by atoms with Crippen molar-refractivity contribution in [1.29, 1.82) is 0 Å². The summed E-state index contributed by atoms with van der Waals surface area (Å²) in [6.45, 7) is 2.73. The fourth-order valence-electron chi connectivity index (χ4n) is 2.77. The molecule has 0 aromatic rings. The third-order valence-corrected chi connectivity index (χ3v) is 6.41. The number of carbonyl (C=O) groups excluding carboxylic acids is 1. The van der Waals surface area contributed by atoms with Crippen LogP contribution < -0.4 is 11.1 Å². The molecule has 0 radical (unpaired) electrons. The van der Waals surface area contributed by atoms with Crippen LogP contribution in [0.1, 0.15) is 12.8 Å². The molecule has 2 aliphatic heterocycles. The summed E-state index contributed by atoms with van der Waals surface area (Å²) in [6, 6.07) is -0.462. The summed E-state index contributed by atoms with van der Waals surface area (Å²) < 4.78 is 22.9. The fraction of sp³-hybridized carbons (Fsp3) is 0.917. The molecule has 3 N–H and O–H groups in total. The Morgan fingerprint density at radius 2 is 1.95 bits per heavy atom. The first-order valence-corrected chi connectivity index (χ1v) is 9.21. The number of rotatable bonds is 4. The average molecular weight is 324 g/mol. The molecule has 8 heteroatoms. The third-order valence-electron chi connectivity index (χ3n) is 4.04. The number of likely N-dealkylation sites (tertiary alicyclic amines) is 1. The van der Waals surface area contributed by atoms with Gasteiger partial charge in [0.25, 0.3) is 0 Å². The average Bonchev–Trinajstić information content (AvgIpc) is 2.63. The molecule has 2 fully saturated rings. The molecule has 0 aliphatic carbocycles. The molecular weight excluding hydrogens is 302 g/mol. The summed E-state index contributed by atoms with van der Waals surface area (Å²) in [4.78, 5) is 14.0. The van der Waals surface area contributed by atoms with Crippen molar-refractivity contribution in [2.24, 2.45) is 11.7 Å². The minimum absolute atomic E-state index is 0.0534. The number of sulfone groups is 1. The molecule has 20 heavy (non-hydrogen) atoms. The summed E-state index contributed by atoms with van der Waals surface area (Å²) in [6.07, 6.45) is 2.03. The van der Waals surface area contributed by atoms with E-state index in [4.69, 9.17) is 17.3 Å². The number of alkyl halides is 1. The van der Waals surface area contributed by atoms with E-state index in [2.05, 4.69) is 10.2 Å². The van der Waals surface area contributed by atoms with Crippen LogP contribution in [0.25, 0.3) is 0 Å². The van der Waals surface area contributed by atoms with E-state index in [0.29, 0.717) is 19.0 Å². The van der Waals surface area contributed by atoms with E-state index in [-0.39, 0.29) is 17.4 Å². The Morgan fingerprint density at radius 1 is 1.30 bits per heavy atom. The van der Waals surface area contributed by atoms with E-state index in [1.807, 2.05) is 0 Å². The maximum absolute atomic E-state index is 11.9. The summed E-state index contributed by atoms with van der Waals surface area (Å²) in [5.74, 6) is 0.300. The highest BCUT2D eigenvalue weighted by molar-refractivity contribution is 7.91. The minimum Gasteiger partial charge on any atom is -0.350 e.